The Hall–Kier alpha value is -1.64. The minimum atomic E-state index is -2.15. The molecule has 0 aliphatic heterocycles. The molecule has 0 saturated heterocycles. The molecular formula is C26H36OSi. The topological polar surface area (TPSA) is 20.2 Å². The molecule has 1 N–H and O–H groups in total. The molecule has 0 bridgehead atoms. The van der Waals surface area contributed by atoms with E-state index < -0.39 is 13.3 Å². The molecule has 2 aromatic carbocycles. The molecule has 1 aliphatic rings. The normalized spacial score (nSPS) is 18.6. The van der Waals surface area contributed by atoms with Crippen LogP contribution < -0.4 is 5.19 Å². The predicted molar refractivity (Wildman–Crippen MR) is 124 cm³/mol. The second-order valence-electron chi connectivity index (χ2n) is 9.08. The van der Waals surface area contributed by atoms with Crippen LogP contribution in [0.4, 0.5) is 0 Å². The molecule has 0 spiro atoms. The molecule has 28 heavy (non-hydrogen) atoms. The maximum absolute atomic E-state index is 12.2. The number of aliphatic hydroxyl groups is 1. The summed E-state index contributed by atoms with van der Waals surface area (Å²) in [5.41, 5.74) is 2.51. The van der Waals surface area contributed by atoms with Crippen molar-refractivity contribution in [1.82, 2.24) is 0 Å². The quantitative estimate of drug-likeness (QED) is 0.450. The lowest BCUT2D eigenvalue weighted by Gasteiger charge is -2.43. The smallest absolute Gasteiger partial charge is 0.122 e. The molecule has 0 radical (unpaired) electrons. The minimum Gasteiger partial charge on any atom is -0.389 e. The van der Waals surface area contributed by atoms with Gasteiger partial charge in [0, 0.05) is 0 Å². The van der Waals surface area contributed by atoms with Crippen molar-refractivity contribution in [3.8, 4) is 0 Å². The first-order valence-corrected chi connectivity index (χ1v) is 13.9. The van der Waals surface area contributed by atoms with Crippen molar-refractivity contribution in [2.75, 3.05) is 0 Å². The molecule has 1 fully saturated rings. The van der Waals surface area contributed by atoms with Gasteiger partial charge in [0.15, 0.2) is 0 Å². The van der Waals surface area contributed by atoms with Gasteiger partial charge >= 0.3 is 0 Å². The highest BCUT2D eigenvalue weighted by atomic mass is 28.3. The second-order valence-corrected chi connectivity index (χ2v) is 13.7. The van der Waals surface area contributed by atoms with Crippen molar-refractivity contribution in [2.24, 2.45) is 5.92 Å². The molecule has 2 aromatic rings. The van der Waals surface area contributed by atoms with Crippen LogP contribution >= 0.6 is 0 Å². The molecule has 2 heteroatoms. The van der Waals surface area contributed by atoms with E-state index in [0.717, 1.165) is 12.8 Å². The maximum atomic E-state index is 12.2. The maximum Gasteiger partial charge on any atom is 0.122 e. The molecular weight excluding hydrogens is 356 g/mol. The Kier molecular flexibility index (Phi) is 6.95. The molecule has 3 rings (SSSR count). The summed E-state index contributed by atoms with van der Waals surface area (Å²) in [6.45, 7) is 6.87. The average Bonchev–Trinajstić information content (AvgIpc) is 2.74. The highest BCUT2D eigenvalue weighted by Crippen LogP contribution is 2.36. The van der Waals surface area contributed by atoms with Gasteiger partial charge in [-0.2, -0.15) is 0 Å². The monoisotopic (exact) mass is 392 g/mol. The fourth-order valence-electron chi connectivity index (χ4n) is 4.86. The van der Waals surface area contributed by atoms with E-state index in [4.69, 9.17) is 0 Å². The summed E-state index contributed by atoms with van der Waals surface area (Å²) < 4.78 is 0. The third-order valence-electron chi connectivity index (χ3n) is 6.94. The van der Waals surface area contributed by atoms with E-state index in [0.29, 0.717) is 5.92 Å². The van der Waals surface area contributed by atoms with Gasteiger partial charge in [-0.25, -0.2) is 0 Å². The van der Waals surface area contributed by atoms with Crippen molar-refractivity contribution in [1.29, 1.82) is 0 Å². The summed E-state index contributed by atoms with van der Waals surface area (Å²) in [6.07, 6.45) is 10.7. The van der Waals surface area contributed by atoms with Crippen LogP contribution in [0.5, 0.6) is 0 Å². The highest BCUT2D eigenvalue weighted by molar-refractivity contribution is 6.92. The predicted octanol–water partition coefficient (Wildman–Crippen LogP) is 6.03. The van der Waals surface area contributed by atoms with Gasteiger partial charge in [0.25, 0.3) is 0 Å². The molecule has 0 unspecified atom stereocenters. The SMILES string of the molecule is C/C(=C\C1CCCCC1)[C@](O)(CCc1ccccc1)[Si](C)(C)c1ccccc1. The average molecular weight is 393 g/mol. The largest absolute Gasteiger partial charge is 0.389 e. The van der Waals surface area contributed by atoms with Crippen molar-refractivity contribution >= 4 is 13.3 Å². The van der Waals surface area contributed by atoms with Crippen molar-refractivity contribution in [3.63, 3.8) is 0 Å². The zero-order valence-corrected chi connectivity index (χ0v) is 18.8. The highest BCUT2D eigenvalue weighted by Gasteiger charge is 2.47. The first kappa shape index (κ1) is 21.1. The minimum absolute atomic E-state index is 0.637. The second kappa shape index (κ2) is 9.24. The Labute approximate surface area is 172 Å². The number of benzene rings is 2. The summed E-state index contributed by atoms with van der Waals surface area (Å²) in [5, 5.41) is 12.8. The molecule has 1 nitrogen and oxygen atoms in total. The zero-order chi connectivity index (χ0) is 20.0. The number of allylic oxidation sites excluding steroid dienone is 1. The number of hydrogen-bond donors (Lipinski definition) is 1. The van der Waals surface area contributed by atoms with E-state index in [-0.39, 0.29) is 0 Å². The van der Waals surface area contributed by atoms with Gasteiger partial charge in [-0.3, -0.25) is 0 Å². The van der Waals surface area contributed by atoms with Crippen LogP contribution in [0.2, 0.25) is 13.1 Å². The molecule has 1 aliphatic carbocycles. The van der Waals surface area contributed by atoms with E-state index in [2.05, 4.69) is 86.8 Å². The molecule has 0 heterocycles. The molecule has 0 amide bonds. The van der Waals surface area contributed by atoms with E-state index in [1.165, 1.54) is 48.4 Å². The van der Waals surface area contributed by atoms with Gasteiger partial charge in [0.05, 0.1) is 5.22 Å². The Bertz CT molecular complexity index is 760. The Balaban J connectivity index is 1.93. The summed E-state index contributed by atoms with van der Waals surface area (Å²) in [5.74, 6) is 0.637. The Morgan fingerprint density at radius 2 is 1.54 bits per heavy atom. The van der Waals surface area contributed by atoms with Crippen molar-refractivity contribution in [3.05, 3.63) is 77.9 Å². The van der Waals surface area contributed by atoms with Gasteiger partial charge in [-0.1, -0.05) is 104 Å². The van der Waals surface area contributed by atoms with Crippen LogP contribution in [0.1, 0.15) is 51.0 Å². The first-order valence-electron chi connectivity index (χ1n) is 10.9. The van der Waals surface area contributed by atoms with Gasteiger partial charge in [-0.05, 0) is 49.7 Å². The van der Waals surface area contributed by atoms with Gasteiger partial charge in [0.2, 0.25) is 0 Å². The number of rotatable bonds is 7. The Morgan fingerprint density at radius 3 is 2.14 bits per heavy atom. The Morgan fingerprint density at radius 1 is 0.964 bits per heavy atom. The van der Waals surface area contributed by atoms with Gasteiger partial charge < -0.3 is 5.11 Å². The zero-order valence-electron chi connectivity index (χ0n) is 17.8. The van der Waals surface area contributed by atoms with Crippen LogP contribution in [0, 0.1) is 5.92 Å². The molecule has 1 atom stereocenters. The molecule has 1 saturated carbocycles. The van der Waals surface area contributed by atoms with Crippen LogP contribution in [-0.4, -0.2) is 18.4 Å². The summed E-state index contributed by atoms with van der Waals surface area (Å²) >= 11 is 0. The first-order chi connectivity index (χ1) is 13.4. The van der Waals surface area contributed by atoms with E-state index >= 15 is 0 Å². The standard InChI is InChI=1S/C26H36OSi/c1-22(21-24-15-9-5-10-16-24)26(27,20-19-23-13-7-4-8-14-23)28(2,3)25-17-11-6-12-18-25/h4,6-8,11-14,17-18,21,24,27H,5,9-10,15-16,19-20H2,1-3H3/b22-21+/t26-/m0/s1. The lowest BCUT2D eigenvalue weighted by molar-refractivity contribution is 0.143. The van der Waals surface area contributed by atoms with Crippen LogP contribution in [0.3, 0.4) is 0 Å². The fraction of sp³-hybridized carbons (Fsp3) is 0.462. The molecule has 150 valence electrons. The van der Waals surface area contributed by atoms with Crippen LogP contribution in [0.15, 0.2) is 72.3 Å². The summed E-state index contributed by atoms with van der Waals surface area (Å²) in [4.78, 5) is 0. The van der Waals surface area contributed by atoms with E-state index in [9.17, 15) is 5.11 Å². The van der Waals surface area contributed by atoms with Crippen LogP contribution in [0.25, 0.3) is 0 Å². The van der Waals surface area contributed by atoms with Crippen molar-refractivity contribution in [2.45, 2.75) is 70.2 Å². The fourth-order valence-corrected chi connectivity index (χ4v) is 8.18. The molecule has 0 aromatic heterocycles. The number of hydrogen-bond acceptors (Lipinski definition) is 1. The van der Waals surface area contributed by atoms with E-state index in [1.807, 2.05) is 0 Å². The lowest BCUT2D eigenvalue weighted by Crippen LogP contribution is -2.63. The third kappa shape index (κ3) is 4.67. The van der Waals surface area contributed by atoms with Gasteiger partial charge in [-0.15, -0.1) is 0 Å². The van der Waals surface area contributed by atoms with E-state index in [1.54, 1.807) is 0 Å². The summed E-state index contributed by atoms with van der Waals surface area (Å²) in [6, 6.07) is 21.3. The summed E-state index contributed by atoms with van der Waals surface area (Å²) in [7, 11) is -2.15. The van der Waals surface area contributed by atoms with Crippen molar-refractivity contribution < 1.29 is 5.11 Å². The van der Waals surface area contributed by atoms with Crippen LogP contribution in [-0.2, 0) is 6.42 Å². The number of aryl methyl sites for hydroxylation is 1. The van der Waals surface area contributed by atoms with Gasteiger partial charge in [0.1, 0.15) is 8.07 Å². The lowest BCUT2D eigenvalue weighted by atomic mass is 9.87. The third-order valence-corrected chi connectivity index (χ3v) is 11.4.